The van der Waals surface area contributed by atoms with Gasteiger partial charge in [-0.15, -0.1) is 0 Å². The number of aryl methyl sites for hydroxylation is 1. The molecule has 3 heterocycles. The van der Waals surface area contributed by atoms with Crippen molar-refractivity contribution in [2.45, 2.75) is 45.2 Å². The number of carboxylic acid groups (broad SMARTS) is 2. The van der Waals surface area contributed by atoms with E-state index < -0.39 is 11.9 Å². The zero-order chi connectivity index (χ0) is 44.1. The number of H-pyrrole nitrogens is 1. The lowest BCUT2D eigenvalue weighted by Gasteiger charge is -2.11. The molecule has 9 aromatic rings. The minimum Gasteiger partial charge on any atom is -0.494 e. The molecule has 12 nitrogen and oxygen atoms in total. The summed E-state index contributed by atoms with van der Waals surface area (Å²) in [6, 6.07) is 47.4. The number of carbonyl (C=O) groups is 2. The first-order valence-electron chi connectivity index (χ1n) is 21.5. The Morgan fingerprint density at radius 1 is 0.500 bits per heavy atom. The van der Waals surface area contributed by atoms with Gasteiger partial charge in [0, 0.05) is 63.0 Å². The molecule has 0 spiro atoms. The fraction of sp³-hybridized carbons (Fsp3) is 0.212. The Kier molecular flexibility index (Phi) is 14.0. The zero-order valence-corrected chi connectivity index (χ0v) is 35.4. The fourth-order valence-electron chi connectivity index (χ4n) is 7.88. The number of hydrogen-bond donors (Lipinski definition) is 3. The van der Waals surface area contributed by atoms with E-state index in [-0.39, 0.29) is 13.0 Å². The largest absolute Gasteiger partial charge is 0.494 e. The van der Waals surface area contributed by atoms with Gasteiger partial charge in [-0.2, -0.15) is 5.10 Å². The van der Waals surface area contributed by atoms with Crippen LogP contribution in [0.15, 0.2) is 152 Å². The number of hydrogen-bond acceptors (Lipinski definition) is 7. The average Bonchev–Trinajstić information content (AvgIpc) is 4.04. The molecule has 3 N–H and O–H groups in total. The molecular weight excluding hydrogens is 809 g/mol. The first-order valence-corrected chi connectivity index (χ1v) is 21.5. The van der Waals surface area contributed by atoms with Crippen molar-refractivity contribution < 1.29 is 38.7 Å². The molecule has 0 bridgehead atoms. The number of aliphatic carboxylic acids is 2. The summed E-state index contributed by atoms with van der Waals surface area (Å²) in [7, 11) is 0. The van der Waals surface area contributed by atoms with Crippen LogP contribution in [0.2, 0.25) is 0 Å². The number of unbranched alkanes of at least 4 members (excludes halogenated alkanes) is 2. The Morgan fingerprint density at radius 3 is 1.61 bits per heavy atom. The molecule has 0 aliphatic rings. The Hall–Kier alpha value is -7.73. The molecule has 0 aliphatic heterocycles. The van der Waals surface area contributed by atoms with Gasteiger partial charge in [0.15, 0.2) is 0 Å². The van der Waals surface area contributed by atoms with Crippen molar-refractivity contribution in [1.29, 1.82) is 0 Å². The molecule has 0 atom stereocenters. The second-order valence-electron chi connectivity index (χ2n) is 15.2. The molecule has 0 saturated heterocycles. The summed E-state index contributed by atoms with van der Waals surface area (Å²) >= 11 is 0. The summed E-state index contributed by atoms with van der Waals surface area (Å²) in [4.78, 5) is 22.5. The van der Waals surface area contributed by atoms with Crippen LogP contribution < -0.4 is 18.9 Å². The van der Waals surface area contributed by atoms with E-state index in [1.54, 1.807) is 6.20 Å². The summed E-state index contributed by atoms with van der Waals surface area (Å²) < 4.78 is 27.5. The van der Waals surface area contributed by atoms with E-state index in [1.807, 2.05) is 138 Å². The Labute approximate surface area is 370 Å². The van der Waals surface area contributed by atoms with E-state index in [0.717, 1.165) is 104 Å². The number of aromatic nitrogens is 4. The van der Waals surface area contributed by atoms with E-state index >= 15 is 0 Å². The summed E-state index contributed by atoms with van der Waals surface area (Å²) in [5, 5.41) is 29.9. The number of nitrogens with zero attached hydrogens (tertiary/aromatic N) is 3. The van der Waals surface area contributed by atoms with Crippen LogP contribution in [0, 0.1) is 0 Å². The fourth-order valence-corrected chi connectivity index (χ4v) is 7.88. The lowest BCUT2D eigenvalue weighted by atomic mass is 10.1. The number of rotatable bonds is 20. The van der Waals surface area contributed by atoms with Crippen molar-refractivity contribution in [3.63, 3.8) is 0 Å². The summed E-state index contributed by atoms with van der Waals surface area (Å²) in [5.41, 5.74) is 5.63. The van der Waals surface area contributed by atoms with Crippen molar-refractivity contribution in [2.24, 2.45) is 0 Å². The quantitative estimate of drug-likeness (QED) is 0.0636. The summed E-state index contributed by atoms with van der Waals surface area (Å²) in [5.74, 6) is 1.55. The van der Waals surface area contributed by atoms with Crippen LogP contribution in [0.25, 0.3) is 54.9 Å². The van der Waals surface area contributed by atoms with Gasteiger partial charge in [-0.3, -0.25) is 14.7 Å². The maximum absolute atomic E-state index is 11.4. The van der Waals surface area contributed by atoms with Crippen LogP contribution in [0.4, 0.5) is 0 Å². The molecule has 0 fully saturated rings. The van der Waals surface area contributed by atoms with Gasteiger partial charge in [0.05, 0.1) is 49.6 Å². The third-order valence-electron chi connectivity index (χ3n) is 10.9. The number of benzene rings is 6. The van der Waals surface area contributed by atoms with Crippen LogP contribution in [0.5, 0.6) is 23.0 Å². The van der Waals surface area contributed by atoms with Gasteiger partial charge in [-0.25, -0.2) is 0 Å². The van der Waals surface area contributed by atoms with Crippen LogP contribution >= 0.6 is 0 Å². The summed E-state index contributed by atoms with van der Waals surface area (Å²) in [6.07, 6.45) is 5.36. The third-order valence-corrected chi connectivity index (χ3v) is 10.9. The number of carboxylic acids is 2. The highest BCUT2D eigenvalue weighted by Crippen LogP contribution is 2.34. The predicted molar refractivity (Wildman–Crippen MR) is 250 cm³/mol. The number of fused-ring (bicyclic) bond motifs is 6. The van der Waals surface area contributed by atoms with Crippen LogP contribution in [0.3, 0.4) is 0 Å². The third kappa shape index (κ3) is 10.5. The van der Waals surface area contributed by atoms with Crippen LogP contribution in [-0.4, -0.2) is 67.9 Å². The molecule has 6 aromatic carbocycles. The van der Waals surface area contributed by atoms with E-state index in [0.29, 0.717) is 33.0 Å². The lowest BCUT2D eigenvalue weighted by molar-refractivity contribution is -0.138. The predicted octanol–water partition coefficient (Wildman–Crippen LogP) is 11.0. The topological polar surface area (TPSA) is 150 Å². The van der Waals surface area contributed by atoms with Gasteiger partial charge < -0.3 is 38.3 Å². The van der Waals surface area contributed by atoms with E-state index in [1.165, 1.54) is 0 Å². The standard InChI is InChI=1S/C27H25N3O4.C25H25NO4/c31-27(32)18-30-24-9-3-1-7-20(24)21-12-11-19(17-25(21)30)33-15-5-6-16-34-26-10-4-2-8-22(26)23-13-14-28-29-23;27-25(28)14-15-26-23-11-5-4-10-21(23)22-13-12-20(18-24(22)26)30-17-7-6-16-29-19-8-2-1-3-9-19/h1-4,7-14,17H,5-6,15-16,18H2,(H,28,29)(H,31,32);1-5,8-13,18H,6-7,14-17H2,(H,27,28). The highest BCUT2D eigenvalue weighted by molar-refractivity contribution is 6.09. The van der Waals surface area contributed by atoms with Crippen molar-refractivity contribution >= 4 is 55.6 Å². The van der Waals surface area contributed by atoms with Crippen molar-refractivity contribution in [2.75, 3.05) is 26.4 Å². The maximum Gasteiger partial charge on any atom is 0.323 e. The Balaban J connectivity index is 0.000000176. The van der Waals surface area contributed by atoms with Gasteiger partial charge >= 0.3 is 11.9 Å². The molecule has 9 rings (SSSR count). The summed E-state index contributed by atoms with van der Waals surface area (Å²) in [6.45, 7) is 2.74. The van der Waals surface area contributed by atoms with E-state index in [4.69, 9.17) is 24.1 Å². The highest BCUT2D eigenvalue weighted by atomic mass is 16.5. The molecule has 0 saturated carbocycles. The molecular formula is C52H50N4O8. The van der Waals surface area contributed by atoms with Gasteiger partial charge in [-0.05, 0) is 92.4 Å². The first kappa shape index (κ1) is 42.9. The molecule has 0 amide bonds. The van der Waals surface area contributed by atoms with Gasteiger partial charge in [-0.1, -0.05) is 66.7 Å². The monoisotopic (exact) mass is 858 g/mol. The molecule has 12 heteroatoms. The smallest absolute Gasteiger partial charge is 0.323 e. The lowest BCUT2D eigenvalue weighted by Crippen LogP contribution is -2.08. The molecule has 64 heavy (non-hydrogen) atoms. The molecule has 0 radical (unpaired) electrons. The SMILES string of the molecule is O=C(O)CCn1c2ccccc2c2ccc(OCCCCOc3ccccc3)cc21.O=C(O)Cn1c2ccccc2c2ccc(OCCCCOc3ccccc3-c3cc[nH]n3)cc21. The number of para-hydroxylation sites is 4. The number of ether oxygens (including phenoxy) is 4. The zero-order valence-electron chi connectivity index (χ0n) is 35.4. The molecule has 0 unspecified atom stereocenters. The minimum atomic E-state index is -0.872. The molecule has 326 valence electrons. The molecule has 0 aliphatic carbocycles. The maximum atomic E-state index is 11.4. The van der Waals surface area contributed by atoms with Crippen LogP contribution in [0.1, 0.15) is 32.1 Å². The molecule has 3 aromatic heterocycles. The van der Waals surface area contributed by atoms with Gasteiger partial charge in [0.2, 0.25) is 0 Å². The van der Waals surface area contributed by atoms with Gasteiger partial charge in [0.1, 0.15) is 29.5 Å². The second-order valence-corrected chi connectivity index (χ2v) is 15.2. The average molecular weight is 859 g/mol. The van der Waals surface area contributed by atoms with E-state index in [9.17, 15) is 14.7 Å². The van der Waals surface area contributed by atoms with Gasteiger partial charge in [0.25, 0.3) is 0 Å². The van der Waals surface area contributed by atoms with Crippen molar-refractivity contribution in [3.8, 4) is 34.3 Å². The van der Waals surface area contributed by atoms with Crippen molar-refractivity contribution in [3.05, 3.63) is 152 Å². The van der Waals surface area contributed by atoms with E-state index in [2.05, 4.69) is 26.9 Å². The Bertz CT molecular complexity index is 2960. The highest BCUT2D eigenvalue weighted by Gasteiger charge is 2.15. The normalized spacial score (nSPS) is 11.1. The van der Waals surface area contributed by atoms with Crippen molar-refractivity contribution in [1.82, 2.24) is 19.3 Å². The number of nitrogens with one attached hydrogen (secondary N) is 1. The second kappa shape index (κ2) is 20.9. The van der Waals surface area contributed by atoms with Crippen LogP contribution in [-0.2, 0) is 22.7 Å². The number of aromatic amines is 1. The Morgan fingerprint density at radius 2 is 1.02 bits per heavy atom. The minimum absolute atomic E-state index is 0.0836. The first-order chi connectivity index (χ1) is 31.4.